The van der Waals surface area contributed by atoms with Crippen molar-refractivity contribution in [2.45, 2.75) is 13.5 Å². The number of rotatable bonds is 5. The summed E-state index contributed by atoms with van der Waals surface area (Å²) in [6.45, 7) is 2.56. The van der Waals surface area contributed by atoms with E-state index in [1.165, 1.54) is 17.5 Å². The monoisotopic (exact) mass is 365 g/mol. The number of furan rings is 1. The van der Waals surface area contributed by atoms with Crippen molar-refractivity contribution in [3.63, 3.8) is 0 Å². The van der Waals surface area contributed by atoms with Crippen LogP contribution in [-0.4, -0.2) is 21.1 Å². The molecule has 0 aliphatic carbocycles. The molecule has 4 rings (SSSR count). The number of benzene rings is 1. The number of para-hydroxylation sites is 1. The molecule has 4 aromatic rings. The number of nitrogens with zero attached hydrogens (tertiary/aromatic N) is 3. The van der Waals surface area contributed by atoms with E-state index in [9.17, 15) is 4.79 Å². The minimum atomic E-state index is -0.270. The van der Waals surface area contributed by atoms with Crippen LogP contribution in [0.5, 0.6) is 0 Å². The van der Waals surface area contributed by atoms with Gasteiger partial charge in [-0.25, -0.2) is 4.98 Å². The first-order valence-electron chi connectivity index (χ1n) is 7.95. The molecule has 130 valence electrons. The lowest BCUT2D eigenvalue weighted by molar-refractivity contribution is 0.102. The average Bonchev–Trinajstić information content (AvgIpc) is 3.29. The minimum Gasteiger partial charge on any atom is -0.459 e. The Hall–Kier alpha value is -3.26. The molecule has 0 saturated heterocycles. The molecule has 0 saturated carbocycles. The third kappa shape index (κ3) is 3.27. The van der Waals surface area contributed by atoms with Crippen molar-refractivity contribution in [1.29, 1.82) is 0 Å². The van der Waals surface area contributed by atoms with Crippen LogP contribution in [0, 0.1) is 6.92 Å². The molecular weight excluding hydrogens is 350 g/mol. The van der Waals surface area contributed by atoms with Crippen molar-refractivity contribution in [2.75, 3.05) is 10.6 Å². The number of amides is 1. The van der Waals surface area contributed by atoms with Crippen LogP contribution in [0.3, 0.4) is 0 Å². The molecule has 0 spiro atoms. The van der Waals surface area contributed by atoms with E-state index in [0.717, 1.165) is 22.3 Å². The zero-order valence-electron chi connectivity index (χ0n) is 13.9. The molecule has 26 heavy (non-hydrogen) atoms. The topological polar surface area (TPSA) is 92.9 Å². The van der Waals surface area contributed by atoms with E-state index in [2.05, 4.69) is 25.8 Å². The zero-order valence-corrected chi connectivity index (χ0v) is 14.7. The SMILES string of the molecule is Cc1c(CNc2ccc(C(=O)Nc3nncs3)cn2)oc2ccccc12. The van der Waals surface area contributed by atoms with Crippen LogP contribution in [0.4, 0.5) is 10.9 Å². The molecule has 0 aliphatic rings. The summed E-state index contributed by atoms with van der Waals surface area (Å²) in [6, 6.07) is 11.4. The van der Waals surface area contributed by atoms with Gasteiger partial charge in [-0.15, -0.1) is 10.2 Å². The first kappa shape index (κ1) is 16.2. The number of anilines is 2. The molecule has 0 unspecified atom stereocenters. The van der Waals surface area contributed by atoms with Crippen molar-refractivity contribution in [1.82, 2.24) is 15.2 Å². The summed E-state index contributed by atoms with van der Waals surface area (Å²) in [7, 11) is 0. The Bertz CT molecular complexity index is 1040. The van der Waals surface area contributed by atoms with E-state index in [-0.39, 0.29) is 5.91 Å². The molecule has 8 heteroatoms. The number of fused-ring (bicyclic) bond motifs is 1. The Morgan fingerprint density at radius 3 is 2.85 bits per heavy atom. The molecule has 3 aromatic heterocycles. The summed E-state index contributed by atoms with van der Waals surface area (Å²) < 4.78 is 5.88. The van der Waals surface area contributed by atoms with Crippen LogP contribution in [0.25, 0.3) is 11.0 Å². The molecule has 1 amide bonds. The maximum atomic E-state index is 12.1. The highest BCUT2D eigenvalue weighted by Gasteiger charge is 2.11. The smallest absolute Gasteiger partial charge is 0.259 e. The highest BCUT2D eigenvalue weighted by atomic mass is 32.1. The first-order chi connectivity index (χ1) is 12.7. The van der Waals surface area contributed by atoms with Crippen LogP contribution in [0.2, 0.25) is 0 Å². The summed E-state index contributed by atoms with van der Waals surface area (Å²) >= 11 is 1.26. The van der Waals surface area contributed by atoms with E-state index < -0.39 is 0 Å². The van der Waals surface area contributed by atoms with Gasteiger partial charge in [0.2, 0.25) is 5.13 Å². The molecule has 0 radical (unpaired) electrons. The van der Waals surface area contributed by atoms with E-state index >= 15 is 0 Å². The Kier molecular flexibility index (Phi) is 4.32. The predicted molar refractivity (Wildman–Crippen MR) is 100 cm³/mol. The van der Waals surface area contributed by atoms with Crippen molar-refractivity contribution >= 4 is 39.2 Å². The van der Waals surface area contributed by atoms with Gasteiger partial charge in [-0.3, -0.25) is 10.1 Å². The fourth-order valence-corrected chi connectivity index (χ4v) is 3.03. The normalized spacial score (nSPS) is 10.8. The maximum Gasteiger partial charge on any atom is 0.259 e. The number of aryl methyl sites for hydroxylation is 1. The number of nitrogens with one attached hydrogen (secondary N) is 2. The summed E-state index contributed by atoms with van der Waals surface area (Å²) in [4.78, 5) is 16.4. The molecule has 3 heterocycles. The van der Waals surface area contributed by atoms with E-state index in [0.29, 0.717) is 23.1 Å². The van der Waals surface area contributed by atoms with Crippen molar-refractivity contribution in [3.8, 4) is 0 Å². The number of hydrogen-bond donors (Lipinski definition) is 2. The van der Waals surface area contributed by atoms with Crippen molar-refractivity contribution < 1.29 is 9.21 Å². The van der Waals surface area contributed by atoms with Gasteiger partial charge in [0, 0.05) is 17.1 Å². The zero-order chi connectivity index (χ0) is 17.9. The maximum absolute atomic E-state index is 12.1. The van der Waals surface area contributed by atoms with Gasteiger partial charge in [-0.05, 0) is 25.1 Å². The number of aromatic nitrogens is 3. The Morgan fingerprint density at radius 1 is 1.23 bits per heavy atom. The van der Waals surface area contributed by atoms with Gasteiger partial charge in [0.25, 0.3) is 5.91 Å². The molecule has 0 bridgehead atoms. The summed E-state index contributed by atoms with van der Waals surface area (Å²) in [6.07, 6.45) is 1.52. The third-order valence-electron chi connectivity index (χ3n) is 3.98. The van der Waals surface area contributed by atoms with Gasteiger partial charge in [0.15, 0.2) is 0 Å². The van der Waals surface area contributed by atoms with E-state index in [1.54, 1.807) is 17.6 Å². The van der Waals surface area contributed by atoms with Crippen molar-refractivity contribution in [3.05, 3.63) is 65.0 Å². The summed E-state index contributed by atoms with van der Waals surface area (Å²) in [5.41, 5.74) is 3.99. The third-order valence-corrected chi connectivity index (χ3v) is 4.59. The molecule has 7 nitrogen and oxygen atoms in total. The van der Waals surface area contributed by atoms with Crippen LogP contribution >= 0.6 is 11.3 Å². The molecule has 0 aliphatic heterocycles. The Morgan fingerprint density at radius 2 is 2.12 bits per heavy atom. The van der Waals surface area contributed by atoms with Crippen molar-refractivity contribution in [2.24, 2.45) is 0 Å². The molecule has 2 N–H and O–H groups in total. The molecular formula is C18H15N5O2S. The van der Waals surface area contributed by atoms with Gasteiger partial charge in [0.05, 0.1) is 12.1 Å². The average molecular weight is 365 g/mol. The van der Waals surface area contributed by atoms with Gasteiger partial charge in [0.1, 0.15) is 22.7 Å². The second-order valence-electron chi connectivity index (χ2n) is 5.63. The number of pyridine rings is 1. The lowest BCUT2D eigenvalue weighted by atomic mass is 10.1. The summed E-state index contributed by atoms with van der Waals surface area (Å²) in [5, 5.41) is 14.9. The quantitative estimate of drug-likeness (QED) is 0.558. The van der Waals surface area contributed by atoms with Crippen LogP contribution < -0.4 is 10.6 Å². The Labute approximate surface area is 153 Å². The van der Waals surface area contributed by atoms with Gasteiger partial charge < -0.3 is 9.73 Å². The van der Waals surface area contributed by atoms with Crippen LogP contribution in [0.15, 0.2) is 52.5 Å². The fraction of sp³-hybridized carbons (Fsp3) is 0.111. The van der Waals surface area contributed by atoms with Gasteiger partial charge >= 0.3 is 0 Å². The lowest BCUT2D eigenvalue weighted by Crippen LogP contribution is -2.12. The predicted octanol–water partition coefficient (Wildman–Crippen LogP) is 3.85. The number of carbonyl (C=O) groups is 1. The first-order valence-corrected chi connectivity index (χ1v) is 8.83. The Balaban J connectivity index is 1.42. The molecule has 0 fully saturated rings. The molecule has 1 aromatic carbocycles. The lowest BCUT2D eigenvalue weighted by Gasteiger charge is -2.06. The fourth-order valence-electron chi connectivity index (χ4n) is 2.59. The van der Waals surface area contributed by atoms with E-state index in [1.807, 2.05) is 31.2 Å². The van der Waals surface area contributed by atoms with E-state index in [4.69, 9.17) is 4.42 Å². The number of hydrogen-bond acceptors (Lipinski definition) is 7. The standard InChI is InChI=1S/C18H15N5O2S/c1-11-13-4-2-3-5-14(13)25-15(11)9-20-16-7-6-12(8-19-16)17(24)22-18-23-21-10-26-18/h2-8,10H,9H2,1H3,(H,19,20)(H,22,23,24). The second kappa shape index (κ2) is 6.93. The van der Waals surface area contributed by atoms with Crippen LogP contribution in [0.1, 0.15) is 21.7 Å². The largest absolute Gasteiger partial charge is 0.459 e. The second-order valence-corrected chi connectivity index (χ2v) is 6.46. The van der Waals surface area contributed by atoms with Crippen LogP contribution in [-0.2, 0) is 6.54 Å². The number of carbonyl (C=O) groups excluding carboxylic acids is 1. The van der Waals surface area contributed by atoms with Gasteiger partial charge in [-0.1, -0.05) is 29.5 Å². The highest BCUT2D eigenvalue weighted by Crippen LogP contribution is 2.25. The minimum absolute atomic E-state index is 0.270. The molecule has 0 atom stereocenters. The van der Waals surface area contributed by atoms with Gasteiger partial charge in [-0.2, -0.15) is 0 Å². The summed E-state index contributed by atoms with van der Waals surface area (Å²) in [5.74, 6) is 1.26. The highest BCUT2D eigenvalue weighted by molar-refractivity contribution is 7.13.